The molecule has 0 aliphatic carbocycles. The van der Waals surface area contributed by atoms with Gasteiger partial charge in [0, 0.05) is 27.8 Å². The van der Waals surface area contributed by atoms with Gasteiger partial charge in [-0.05, 0) is 30.3 Å². The van der Waals surface area contributed by atoms with Gasteiger partial charge in [0.1, 0.15) is 16.4 Å². The number of ether oxygens (including phenoxy) is 2. The third-order valence-corrected chi connectivity index (χ3v) is 6.31. The second kappa shape index (κ2) is 10.8. The van der Waals surface area contributed by atoms with Crippen molar-refractivity contribution in [3.05, 3.63) is 98.4 Å². The first-order valence-corrected chi connectivity index (χ1v) is 11.3. The number of hydrazone groups is 1. The molecule has 0 aliphatic rings. The number of carbonyl (C=O) groups excluding carboxylic acids is 2. The summed E-state index contributed by atoms with van der Waals surface area (Å²) >= 11 is 7.61. The molecule has 0 saturated heterocycles. The van der Waals surface area contributed by atoms with Gasteiger partial charge in [-0.15, -0.1) is 11.3 Å². The molecule has 0 unspecified atom stereocenters. The highest BCUT2D eigenvalue weighted by Gasteiger charge is 2.19. The summed E-state index contributed by atoms with van der Waals surface area (Å²) in [5.41, 5.74) is 2.68. The number of hydrogen-bond donors (Lipinski definition) is 1. The quantitative estimate of drug-likeness (QED) is 0.114. The minimum Gasteiger partial charge on any atom is -0.484 e. The maximum atomic E-state index is 12.8. The van der Waals surface area contributed by atoms with Crippen molar-refractivity contribution in [2.75, 3.05) is 6.61 Å². The zero-order chi connectivity index (χ0) is 24.8. The van der Waals surface area contributed by atoms with Crippen LogP contribution in [0.25, 0.3) is 10.1 Å². The molecule has 3 aromatic carbocycles. The van der Waals surface area contributed by atoms with Crippen LogP contribution in [0.15, 0.2) is 77.9 Å². The Morgan fingerprint density at radius 1 is 1.06 bits per heavy atom. The van der Waals surface area contributed by atoms with Gasteiger partial charge in [0.2, 0.25) is 0 Å². The van der Waals surface area contributed by atoms with Gasteiger partial charge in [-0.25, -0.2) is 10.2 Å². The number of rotatable bonds is 8. The maximum absolute atomic E-state index is 12.8. The smallest absolute Gasteiger partial charge is 0.355 e. The van der Waals surface area contributed by atoms with Crippen molar-refractivity contribution in [2.24, 2.45) is 5.10 Å². The third-order valence-electron chi connectivity index (χ3n) is 4.65. The van der Waals surface area contributed by atoms with Crippen LogP contribution in [-0.4, -0.2) is 29.6 Å². The Balaban J connectivity index is 1.36. The molecule has 0 fully saturated rings. The van der Waals surface area contributed by atoms with Gasteiger partial charge < -0.3 is 9.47 Å². The third kappa shape index (κ3) is 5.81. The lowest BCUT2D eigenvalue weighted by atomic mass is 10.2. The molecule has 0 aliphatic heterocycles. The van der Waals surface area contributed by atoms with E-state index in [1.54, 1.807) is 24.3 Å². The first kappa shape index (κ1) is 23.9. The second-order valence-corrected chi connectivity index (χ2v) is 8.43. The standard InChI is InChI=1S/C24H16ClN3O6S/c25-22-18-6-2-4-8-20(18)35-23(22)24(30)34-19-7-3-1-5-15(19)13-26-27-21(29)14-33-17-11-9-16(10-12-17)28(31)32/h1-13H,14H2,(H,27,29). The normalized spacial score (nSPS) is 10.9. The number of nitro groups is 1. The van der Waals surface area contributed by atoms with Crippen LogP contribution in [-0.2, 0) is 4.79 Å². The van der Waals surface area contributed by atoms with Gasteiger partial charge in [0.25, 0.3) is 11.6 Å². The Hall–Kier alpha value is -4.28. The summed E-state index contributed by atoms with van der Waals surface area (Å²) in [6, 6.07) is 19.4. The Bertz CT molecular complexity index is 1430. The van der Waals surface area contributed by atoms with E-state index in [9.17, 15) is 19.7 Å². The summed E-state index contributed by atoms with van der Waals surface area (Å²) in [5, 5.41) is 15.7. The highest BCUT2D eigenvalue weighted by molar-refractivity contribution is 7.21. The highest BCUT2D eigenvalue weighted by Crippen LogP contribution is 2.36. The van der Waals surface area contributed by atoms with Crippen LogP contribution in [0.5, 0.6) is 11.5 Å². The van der Waals surface area contributed by atoms with Crippen molar-refractivity contribution < 1.29 is 24.0 Å². The molecule has 1 heterocycles. The molecule has 176 valence electrons. The molecule has 1 amide bonds. The van der Waals surface area contributed by atoms with Gasteiger partial charge in [-0.1, -0.05) is 41.9 Å². The van der Waals surface area contributed by atoms with E-state index in [2.05, 4.69) is 10.5 Å². The van der Waals surface area contributed by atoms with Crippen molar-refractivity contribution in [3.63, 3.8) is 0 Å². The molecule has 9 nitrogen and oxygen atoms in total. The number of nitro benzene ring substituents is 1. The van der Waals surface area contributed by atoms with Gasteiger partial charge in [0.05, 0.1) is 16.2 Å². The van der Waals surface area contributed by atoms with Crippen molar-refractivity contribution in [2.45, 2.75) is 0 Å². The van der Waals surface area contributed by atoms with Gasteiger partial charge in [-0.2, -0.15) is 5.10 Å². The van der Waals surface area contributed by atoms with Crippen LogP contribution in [0, 0.1) is 10.1 Å². The second-order valence-electron chi connectivity index (χ2n) is 7.00. The van der Waals surface area contributed by atoms with Crippen molar-refractivity contribution >= 4 is 56.8 Å². The fourth-order valence-corrected chi connectivity index (χ4v) is 4.38. The highest BCUT2D eigenvalue weighted by atomic mass is 35.5. The number of non-ortho nitro benzene ring substituents is 1. The Labute approximate surface area is 207 Å². The van der Waals surface area contributed by atoms with Gasteiger partial charge >= 0.3 is 5.97 Å². The first-order chi connectivity index (χ1) is 16.9. The molecular formula is C24H16ClN3O6S. The molecule has 11 heteroatoms. The molecule has 0 radical (unpaired) electrons. The van der Waals surface area contributed by atoms with E-state index >= 15 is 0 Å². The van der Waals surface area contributed by atoms with E-state index in [4.69, 9.17) is 21.1 Å². The van der Waals surface area contributed by atoms with Crippen LogP contribution in [0.4, 0.5) is 5.69 Å². The number of amides is 1. The maximum Gasteiger partial charge on any atom is 0.355 e. The molecule has 4 rings (SSSR count). The van der Waals surface area contributed by atoms with E-state index < -0.39 is 16.8 Å². The minimum atomic E-state index is -0.599. The average molecular weight is 510 g/mol. The zero-order valence-electron chi connectivity index (χ0n) is 17.8. The fourth-order valence-electron chi connectivity index (χ4n) is 2.99. The van der Waals surface area contributed by atoms with Gasteiger partial charge in [-0.3, -0.25) is 14.9 Å². The summed E-state index contributed by atoms with van der Waals surface area (Å²) in [7, 11) is 0. The van der Waals surface area contributed by atoms with E-state index in [0.29, 0.717) is 16.3 Å². The van der Waals surface area contributed by atoms with E-state index in [0.717, 1.165) is 10.1 Å². The number of hydrogen-bond acceptors (Lipinski definition) is 8. The number of benzene rings is 3. The number of esters is 1. The summed E-state index contributed by atoms with van der Waals surface area (Å²) < 4.78 is 11.7. The number of carbonyl (C=O) groups is 2. The van der Waals surface area contributed by atoms with Crippen molar-refractivity contribution in [1.82, 2.24) is 5.43 Å². The van der Waals surface area contributed by atoms with Crippen LogP contribution in [0.2, 0.25) is 5.02 Å². The molecule has 0 atom stereocenters. The monoisotopic (exact) mass is 509 g/mol. The van der Waals surface area contributed by atoms with Crippen LogP contribution >= 0.6 is 22.9 Å². The van der Waals surface area contributed by atoms with Crippen LogP contribution < -0.4 is 14.9 Å². The lowest BCUT2D eigenvalue weighted by Crippen LogP contribution is -2.24. The molecule has 35 heavy (non-hydrogen) atoms. The largest absolute Gasteiger partial charge is 0.484 e. The SMILES string of the molecule is O=C(COc1ccc([N+](=O)[O-])cc1)NN=Cc1ccccc1OC(=O)c1sc2ccccc2c1Cl. The molecule has 1 N–H and O–H groups in total. The number of nitrogens with zero attached hydrogens (tertiary/aromatic N) is 2. The minimum absolute atomic E-state index is 0.0830. The number of nitrogens with one attached hydrogen (secondary N) is 1. The summed E-state index contributed by atoms with van der Waals surface area (Å²) in [6.07, 6.45) is 1.33. The fraction of sp³-hybridized carbons (Fsp3) is 0.0417. The Kier molecular flexibility index (Phi) is 7.34. The lowest BCUT2D eigenvalue weighted by Gasteiger charge is -2.07. The first-order valence-electron chi connectivity index (χ1n) is 10.1. The summed E-state index contributed by atoms with van der Waals surface area (Å²) in [4.78, 5) is 35.2. The topological polar surface area (TPSA) is 120 Å². The summed E-state index contributed by atoms with van der Waals surface area (Å²) in [5.74, 6) is -0.609. The zero-order valence-corrected chi connectivity index (χ0v) is 19.4. The molecule has 4 aromatic rings. The van der Waals surface area contributed by atoms with Crippen LogP contribution in [0.1, 0.15) is 15.2 Å². The predicted molar refractivity (Wildman–Crippen MR) is 133 cm³/mol. The summed E-state index contributed by atoms with van der Waals surface area (Å²) in [6.45, 7) is -0.351. The molecule has 0 saturated carbocycles. The lowest BCUT2D eigenvalue weighted by molar-refractivity contribution is -0.384. The number of thiophene rings is 1. The number of fused-ring (bicyclic) bond motifs is 1. The molecule has 1 aromatic heterocycles. The molecular weight excluding hydrogens is 494 g/mol. The van der Waals surface area contributed by atoms with Gasteiger partial charge in [0.15, 0.2) is 6.61 Å². The number of halogens is 1. The van der Waals surface area contributed by atoms with Crippen LogP contribution in [0.3, 0.4) is 0 Å². The Morgan fingerprint density at radius 3 is 2.51 bits per heavy atom. The number of para-hydroxylation sites is 1. The average Bonchev–Trinajstić information content (AvgIpc) is 3.20. The molecule has 0 bridgehead atoms. The Morgan fingerprint density at radius 2 is 1.77 bits per heavy atom. The molecule has 0 spiro atoms. The van der Waals surface area contributed by atoms with E-state index in [1.807, 2.05) is 24.3 Å². The van der Waals surface area contributed by atoms with Crippen molar-refractivity contribution in [3.8, 4) is 11.5 Å². The van der Waals surface area contributed by atoms with Crippen molar-refractivity contribution in [1.29, 1.82) is 0 Å². The predicted octanol–water partition coefficient (Wildman–Crippen LogP) is 5.21. The van der Waals surface area contributed by atoms with E-state index in [-0.39, 0.29) is 22.9 Å². The van der Waals surface area contributed by atoms with E-state index in [1.165, 1.54) is 41.8 Å².